The summed E-state index contributed by atoms with van der Waals surface area (Å²) in [6, 6.07) is 0. The maximum absolute atomic E-state index is 3.37. The van der Waals surface area contributed by atoms with Crippen LogP contribution in [0.25, 0.3) is 0 Å². The van der Waals surface area contributed by atoms with Crippen LogP contribution in [0.4, 0.5) is 0 Å². The predicted octanol–water partition coefficient (Wildman–Crippen LogP) is 3.07. The first-order chi connectivity index (χ1) is 4.92. The number of rotatable bonds is 4. The molecule has 0 aliphatic rings. The molecule has 0 aromatic heterocycles. The molecule has 0 radical (unpaired) electrons. The van der Waals surface area contributed by atoms with E-state index < -0.39 is 0 Å². The van der Waals surface area contributed by atoms with Crippen molar-refractivity contribution in [2.45, 2.75) is 45.8 Å². The molecule has 0 aliphatic carbocycles. The van der Waals surface area contributed by atoms with Crippen LogP contribution in [0.3, 0.4) is 0 Å². The molecule has 0 spiro atoms. The van der Waals surface area contributed by atoms with Gasteiger partial charge in [0.1, 0.15) is 0 Å². The van der Waals surface area contributed by atoms with Gasteiger partial charge in [-0.15, -0.1) is 0 Å². The van der Waals surface area contributed by atoms with Gasteiger partial charge in [-0.05, 0) is 33.1 Å². The lowest BCUT2D eigenvalue weighted by Crippen LogP contribution is -2.18. The van der Waals surface area contributed by atoms with Crippen molar-refractivity contribution in [1.82, 2.24) is 4.72 Å². The SMILES string of the molecule is CC(C)CCNSC(C)(C)C. The monoisotopic (exact) mass is 175 g/mol. The molecule has 0 aromatic rings. The lowest BCUT2D eigenvalue weighted by atomic mass is 10.1. The van der Waals surface area contributed by atoms with Gasteiger partial charge in [-0.25, -0.2) is 0 Å². The molecule has 0 aromatic carbocycles. The Morgan fingerprint density at radius 2 is 1.82 bits per heavy atom. The Balaban J connectivity index is 3.15. The Morgan fingerprint density at radius 3 is 2.18 bits per heavy atom. The van der Waals surface area contributed by atoms with Gasteiger partial charge >= 0.3 is 0 Å². The fourth-order valence-corrected chi connectivity index (χ4v) is 1.27. The predicted molar refractivity (Wildman–Crippen MR) is 54.8 cm³/mol. The normalized spacial score (nSPS) is 12.5. The minimum atomic E-state index is 0.344. The Morgan fingerprint density at radius 1 is 1.27 bits per heavy atom. The molecule has 11 heavy (non-hydrogen) atoms. The van der Waals surface area contributed by atoms with Crippen LogP contribution in [-0.2, 0) is 0 Å². The average molecular weight is 175 g/mol. The lowest BCUT2D eigenvalue weighted by molar-refractivity contribution is 0.583. The van der Waals surface area contributed by atoms with Crippen molar-refractivity contribution < 1.29 is 0 Å². The molecule has 0 rings (SSSR count). The summed E-state index contributed by atoms with van der Waals surface area (Å²) in [5.74, 6) is 0.808. The number of hydrogen-bond acceptors (Lipinski definition) is 2. The molecule has 0 amide bonds. The summed E-state index contributed by atoms with van der Waals surface area (Å²) < 4.78 is 3.72. The highest BCUT2D eigenvalue weighted by Gasteiger charge is 2.09. The van der Waals surface area contributed by atoms with Crippen LogP contribution in [0, 0.1) is 5.92 Å². The first-order valence-electron chi connectivity index (χ1n) is 4.32. The van der Waals surface area contributed by atoms with Crippen molar-refractivity contribution in [2.24, 2.45) is 5.92 Å². The number of nitrogens with one attached hydrogen (secondary N) is 1. The lowest BCUT2D eigenvalue weighted by Gasteiger charge is -2.18. The molecule has 0 aliphatic heterocycles. The largest absolute Gasteiger partial charge is 0.264 e. The van der Waals surface area contributed by atoms with E-state index in [4.69, 9.17) is 0 Å². The highest BCUT2D eigenvalue weighted by atomic mass is 32.2. The zero-order valence-electron chi connectivity index (χ0n) is 8.40. The van der Waals surface area contributed by atoms with Gasteiger partial charge in [-0.3, -0.25) is 4.72 Å². The molecule has 0 fully saturated rings. The Hall–Kier alpha value is 0.310. The van der Waals surface area contributed by atoms with E-state index in [2.05, 4.69) is 39.3 Å². The molecule has 1 nitrogen and oxygen atoms in total. The van der Waals surface area contributed by atoms with Gasteiger partial charge in [-0.1, -0.05) is 25.8 Å². The van der Waals surface area contributed by atoms with E-state index in [1.165, 1.54) is 6.42 Å². The van der Waals surface area contributed by atoms with Gasteiger partial charge in [0.05, 0.1) is 0 Å². The Labute approximate surface area is 75.5 Å². The molecule has 68 valence electrons. The van der Waals surface area contributed by atoms with Crippen LogP contribution in [-0.4, -0.2) is 11.3 Å². The Kier molecular flexibility index (Phi) is 5.19. The molecule has 0 atom stereocenters. The third-order valence-electron chi connectivity index (χ3n) is 1.20. The average Bonchev–Trinajstić information content (AvgIpc) is 1.78. The Bertz CT molecular complexity index is 94.2. The summed E-state index contributed by atoms with van der Waals surface area (Å²) in [4.78, 5) is 0. The highest BCUT2D eigenvalue weighted by molar-refractivity contribution is 7.98. The van der Waals surface area contributed by atoms with E-state index in [0.717, 1.165) is 12.5 Å². The van der Waals surface area contributed by atoms with Gasteiger partial charge in [0.2, 0.25) is 0 Å². The third-order valence-corrected chi connectivity index (χ3v) is 2.16. The smallest absolute Gasteiger partial charge is 0.0220 e. The van der Waals surface area contributed by atoms with Crippen LogP contribution in [0.1, 0.15) is 41.0 Å². The van der Waals surface area contributed by atoms with Gasteiger partial charge in [-0.2, -0.15) is 0 Å². The van der Waals surface area contributed by atoms with E-state index in [0.29, 0.717) is 4.75 Å². The minimum absolute atomic E-state index is 0.344. The molecular formula is C9H21NS. The zero-order chi connectivity index (χ0) is 8.91. The topological polar surface area (TPSA) is 12.0 Å². The second-order valence-corrected chi connectivity index (χ2v) is 6.01. The molecular weight excluding hydrogens is 154 g/mol. The van der Waals surface area contributed by atoms with E-state index in [1.807, 2.05) is 11.9 Å². The van der Waals surface area contributed by atoms with E-state index in [1.54, 1.807) is 0 Å². The van der Waals surface area contributed by atoms with Crippen molar-refractivity contribution in [2.75, 3.05) is 6.54 Å². The summed E-state index contributed by atoms with van der Waals surface area (Å²) in [5.41, 5.74) is 0. The minimum Gasteiger partial charge on any atom is -0.264 e. The highest BCUT2D eigenvalue weighted by Crippen LogP contribution is 2.19. The van der Waals surface area contributed by atoms with Crippen molar-refractivity contribution in [3.05, 3.63) is 0 Å². The van der Waals surface area contributed by atoms with E-state index in [9.17, 15) is 0 Å². The molecule has 2 heteroatoms. The molecule has 0 unspecified atom stereocenters. The zero-order valence-corrected chi connectivity index (χ0v) is 9.22. The summed E-state index contributed by atoms with van der Waals surface area (Å²) in [6.07, 6.45) is 1.27. The first kappa shape index (κ1) is 11.3. The fraction of sp³-hybridized carbons (Fsp3) is 1.00. The maximum atomic E-state index is 3.37. The second-order valence-electron chi connectivity index (χ2n) is 4.29. The van der Waals surface area contributed by atoms with Crippen molar-refractivity contribution >= 4 is 11.9 Å². The number of hydrogen-bond donors (Lipinski definition) is 1. The fourth-order valence-electron chi connectivity index (χ4n) is 0.615. The van der Waals surface area contributed by atoms with Gasteiger partial charge in [0, 0.05) is 11.3 Å². The summed E-state index contributed by atoms with van der Waals surface area (Å²) in [5, 5.41) is 0. The van der Waals surface area contributed by atoms with Crippen LogP contribution in [0.15, 0.2) is 0 Å². The standard InChI is InChI=1S/C9H21NS/c1-8(2)6-7-10-11-9(3,4)5/h8,10H,6-7H2,1-5H3. The van der Waals surface area contributed by atoms with Gasteiger partial charge in [0.15, 0.2) is 0 Å². The van der Waals surface area contributed by atoms with Crippen LogP contribution in [0.2, 0.25) is 0 Å². The molecule has 0 bridgehead atoms. The van der Waals surface area contributed by atoms with E-state index in [-0.39, 0.29) is 0 Å². The summed E-state index contributed by atoms with van der Waals surface area (Å²) >= 11 is 1.83. The van der Waals surface area contributed by atoms with Gasteiger partial charge < -0.3 is 0 Å². The molecule has 0 heterocycles. The first-order valence-corrected chi connectivity index (χ1v) is 5.14. The maximum Gasteiger partial charge on any atom is 0.0220 e. The van der Waals surface area contributed by atoms with Gasteiger partial charge in [0.25, 0.3) is 0 Å². The van der Waals surface area contributed by atoms with Crippen LogP contribution >= 0.6 is 11.9 Å². The molecule has 0 saturated heterocycles. The summed E-state index contributed by atoms with van der Waals surface area (Å²) in [6.45, 7) is 12.3. The molecule has 1 N–H and O–H groups in total. The van der Waals surface area contributed by atoms with Crippen molar-refractivity contribution in [3.8, 4) is 0 Å². The third kappa shape index (κ3) is 10.3. The van der Waals surface area contributed by atoms with Crippen LogP contribution < -0.4 is 4.72 Å². The van der Waals surface area contributed by atoms with Crippen LogP contribution in [0.5, 0.6) is 0 Å². The van der Waals surface area contributed by atoms with Crippen molar-refractivity contribution in [3.63, 3.8) is 0 Å². The summed E-state index contributed by atoms with van der Waals surface area (Å²) in [7, 11) is 0. The molecule has 0 saturated carbocycles. The van der Waals surface area contributed by atoms with Crippen molar-refractivity contribution in [1.29, 1.82) is 0 Å². The van der Waals surface area contributed by atoms with E-state index >= 15 is 0 Å². The quantitative estimate of drug-likeness (QED) is 0.520. The second kappa shape index (κ2) is 5.04.